The third kappa shape index (κ3) is 2.85. The Labute approximate surface area is 151 Å². The van der Waals surface area contributed by atoms with Gasteiger partial charge in [-0.15, -0.1) is 0 Å². The number of carbonyl (C=O) groups is 1. The second-order valence-corrected chi connectivity index (χ2v) is 8.09. The summed E-state index contributed by atoms with van der Waals surface area (Å²) in [6.07, 6.45) is 4.83. The summed E-state index contributed by atoms with van der Waals surface area (Å²) in [5.74, 6) is 3.65. The molecule has 7 nitrogen and oxygen atoms in total. The Balaban J connectivity index is 1.40. The molecule has 3 aliphatic rings. The minimum atomic E-state index is -0.229. The maximum Gasteiger partial charge on any atom is 0.254 e. The molecule has 2 N–H and O–H groups in total. The number of hydrogen-bond acceptors (Lipinski definition) is 4. The summed E-state index contributed by atoms with van der Waals surface area (Å²) < 4.78 is 0. The van der Waals surface area contributed by atoms with Gasteiger partial charge < -0.3 is 9.88 Å². The highest BCUT2D eigenvalue weighted by molar-refractivity contribution is 5.94. The summed E-state index contributed by atoms with van der Waals surface area (Å²) in [5.41, 5.74) is 0.949. The Bertz CT molecular complexity index is 909. The molecule has 2 aromatic rings. The zero-order valence-corrected chi connectivity index (χ0v) is 14.9. The zero-order valence-electron chi connectivity index (χ0n) is 14.9. The zero-order chi connectivity index (χ0) is 17.8. The summed E-state index contributed by atoms with van der Waals surface area (Å²) in [7, 11) is 0. The first kappa shape index (κ1) is 15.8. The van der Waals surface area contributed by atoms with Gasteiger partial charge in [0.2, 0.25) is 5.56 Å². The van der Waals surface area contributed by atoms with Crippen molar-refractivity contribution in [2.75, 3.05) is 13.1 Å². The summed E-state index contributed by atoms with van der Waals surface area (Å²) in [4.78, 5) is 34.0. The van der Waals surface area contributed by atoms with Gasteiger partial charge in [0.05, 0.1) is 0 Å². The summed E-state index contributed by atoms with van der Waals surface area (Å²) >= 11 is 0. The number of likely N-dealkylation sites (tertiary alicyclic amines) is 1. The van der Waals surface area contributed by atoms with Crippen molar-refractivity contribution in [3.05, 3.63) is 45.4 Å². The van der Waals surface area contributed by atoms with Crippen molar-refractivity contribution in [2.24, 2.45) is 11.8 Å². The Kier molecular flexibility index (Phi) is 3.52. The molecule has 2 aromatic heterocycles. The van der Waals surface area contributed by atoms with Crippen molar-refractivity contribution >= 4 is 5.91 Å². The number of nitrogens with one attached hydrogen (secondary N) is 2. The van der Waals surface area contributed by atoms with E-state index in [4.69, 9.17) is 4.98 Å². The standard InChI is InChI=1S/C19H23N5O2/c1-10-6-13(7-16(25)20-10)19(26)24-8-14(11-2-3-11)15(9-24)18-21-17(22-23-18)12-4-5-12/h6-7,11-12,14-15H,2-5,8-9H2,1H3,(H,20,25)(H,21,22,23)/t14-,15+/m1/s1. The molecule has 2 saturated carbocycles. The first-order chi connectivity index (χ1) is 12.6. The van der Waals surface area contributed by atoms with E-state index in [9.17, 15) is 9.59 Å². The fourth-order valence-corrected chi connectivity index (χ4v) is 4.25. The van der Waals surface area contributed by atoms with Gasteiger partial charge in [0.25, 0.3) is 5.91 Å². The van der Waals surface area contributed by atoms with Crippen LogP contribution in [-0.2, 0) is 0 Å². The molecule has 136 valence electrons. The highest BCUT2D eigenvalue weighted by atomic mass is 16.2. The van der Waals surface area contributed by atoms with E-state index in [2.05, 4.69) is 15.2 Å². The van der Waals surface area contributed by atoms with Gasteiger partial charge in [0.15, 0.2) is 5.82 Å². The Morgan fingerprint density at radius 2 is 2.00 bits per heavy atom. The van der Waals surface area contributed by atoms with Crippen molar-refractivity contribution in [3.8, 4) is 0 Å². The van der Waals surface area contributed by atoms with Crippen LogP contribution in [0, 0.1) is 18.8 Å². The lowest BCUT2D eigenvalue weighted by atomic mass is 9.91. The first-order valence-electron chi connectivity index (χ1n) is 9.51. The van der Waals surface area contributed by atoms with E-state index < -0.39 is 0 Å². The molecule has 1 aliphatic heterocycles. The number of aromatic nitrogens is 4. The molecule has 7 heteroatoms. The molecule has 2 atom stereocenters. The third-order valence-corrected chi connectivity index (χ3v) is 5.92. The molecule has 0 bridgehead atoms. The van der Waals surface area contributed by atoms with Gasteiger partial charge >= 0.3 is 0 Å². The highest BCUT2D eigenvalue weighted by Gasteiger charge is 2.46. The number of aromatic amines is 2. The molecule has 1 amide bonds. The van der Waals surface area contributed by atoms with Crippen LogP contribution in [0.4, 0.5) is 0 Å². The number of rotatable bonds is 4. The molecule has 0 spiro atoms. The monoisotopic (exact) mass is 353 g/mol. The lowest BCUT2D eigenvalue weighted by Crippen LogP contribution is -2.30. The minimum Gasteiger partial charge on any atom is -0.338 e. The largest absolute Gasteiger partial charge is 0.338 e. The Morgan fingerprint density at radius 1 is 1.19 bits per heavy atom. The number of pyridine rings is 1. The maximum atomic E-state index is 13.0. The van der Waals surface area contributed by atoms with Crippen molar-refractivity contribution in [2.45, 2.75) is 44.4 Å². The van der Waals surface area contributed by atoms with Crippen LogP contribution in [0.3, 0.4) is 0 Å². The average Bonchev–Trinajstić information content (AvgIpc) is 3.54. The number of carbonyl (C=O) groups excluding carboxylic acids is 1. The van der Waals surface area contributed by atoms with Gasteiger partial charge in [0, 0.05) is 42.2 Å². The van der Waals surface area contributed by atoms with Gasteiger partial charge in [-0.2, -0.15) is 5.10 Å². The predicted octanol–water partition coefficient (Wildman–Crippen LogP) is 1.94. The van der Waals surface area contributed by atoms with Crippen molar-refractivity contribution in [1.82, 2.24) is 25.1 Å². The third-order valence-electron chi connectivity index (χ3n) is 5.92. The van der Waals surface area contributed by atoms with E-state index in [1.54, 1.807) is 13.0 Å². The number of hydrogen-bond donors (Lipinski definition) is 2. The van der Waals surface area contributed by atoms with E-state index in [1.807, 2.05) is 4.90 Å². The van der Waals surface area contributed by atoms with Gasteiger partial charge in [-0.05, 0) is 50.5 Å². The van der Waals surface area contributed by atoms with E-state index in [0.717, 1.165) is 18.2 Å². The quantitative estimate of drug-likeness (QED) is 0.878. The summed E-state index contributed by atoms with van der Waals surface area (Å²) in [6.45, 7) is 3.18. The van der Waals surface area contributed by atoms with E-state index in [-0.39, 0.29) is 17.4 Å². The van der Waals surface area contributed by atoms with Crippen LogP contribution in [0.2, 0.25) is 0 Å². The second kappa shape index (κ2) is 5.79. The molecule has 3 fully saturated rings. The lowest BCUT2D eigenvalue weighted by molar-refractivity contribution is 0.0784. The molecular formula is C19H23N5O2. The molecule has 0 aromatic carbocycles. The normalized spacial score (nSPS) is 25.7. The number of aryl methyl sites for hydroxylation is 1. The number of nitrogens with zero attached hydrogens (tertiary/aromatic N) is 3. The van der Waals surface area contributed by atoms with Gasteiger partial charge in [-0.25, -0.2) is 4.98 Å². The molecule has 0 unspecified atom stereocenters. The average molecular weight is 353 g/mol. The van der Waals surface area contributed by atoms with E-state index in [1.165, 1.54) is 31.7 Å². The van der Waals surface area contributed by atoms with Gasteiger partial charge in [-0.1, -0.05) is 0 Å². The molecule has 3 heterocycles. The van der Waals surface area contributed by atoms with Crippen LogP contribution in [0.15, 0.2) is 16.9 Å². The molecular weight excluding hydrogens is 330 g/mol. The topological polar surface area (TPSA) is 94.7 Å². The molecule has 26 heavy (non-hydrogen) atoms. The predicted molar refractivity (Wildman–Crippen MR) is 95.0 cm³/mol. The first-order valence-corrected chi connectivity index (χ1v) is 9.51. The smallest absolute Gasteiger partial charge is 0.254 e. The second-order valence-electron chi connectivity index (χ2n) is 8.09. The Morgan fingerprint density at radius 3 is 2.69 bits per heavy atom. The lowest BCUT2D eigenvalue weighted by Gasteiger charge is -2.16. The molecule has 1 saturated heterocycles. The number of amides is 1. The van der Waals surface area contributed by atoms with Crippen LogP contribution < -0.4 is 5.56 Å². The van der Waals surface area contributed by atoms with E-state index in [0.29, 0.717) is 35.6 Å². The Hall–Kier alpha value is -2.44. The maximum absolute atomic E-state index is 13.0. The van der Waals surface area contributed by atoms with Crippen LogP contribution in [0.1, 0.15) is 65.2 Å². The number of H-pyrrole nitrogens is 2. The van der Waals surface area contributed by atoms with Gasteiger partial charge in [-0.3, -0.25) is 14.7 Å². The van der Waals surface area contributed by atoms with Crippen LogP contribution in [0.5, 0.6) is 0 Å². The summed E-state index contributed by atoms with van der Waals surface area (Å²) in [5, 5.41) is 7.55. The van der Waals surface area contributed by atoms with E-state index >= 15 is 0 Å². The molecule has 2 aliphatic carbocycles. The van der Waals surface area contributed by atoms with Crippen LogP contribution >= 0.6 is 0 Å². The van der Waals surface area contributed by atoms with Crippen molar-refractivity contribution < 1.29 is 4.79 Å². The van der Waals surface area contributed by atoms with Crippen molar-refractivity contribution in [1.29, 1.82) is 0 Å². The van der Waals surface area contributed by atoms with Crippen molar-refractivity contribution in [3.63, 3.8) is 0 Å². The van der Waals surface area contributed by atoms with Gasteiger partial charge in [0.1, 0.15) is 5.82 Å². The fourth-order valence-electron chi connectivity index (χ4n) is 4.25. The highest BCUT2D eigenvalue weighted by Crippen LogP contribution is 2.47. The van der Waals surface area contributed by atoms with Crippen LogP contribution in [-0.4, -0.2) is 44.1 Å². The molecule has 5 rings (SSSR count). The fraction of sp³-hybridized carbons (Fsp3) is 0.579. The minimum absolute atomic E-state index is 0.0609. The summed E-state index contributed by atoms with van der Waals surface area (Å²) in [6, 6.07) is 3.15. The SMILES string of the molecule is Cc1cc(C(=O)N2C[C@H](c3nc(C4CC4)n[nH]3)[C@@H](C3CC3)C2)cc(=O)[nH]1. The molecule has 0 radical (unpaired) electrons. The van der Waals surface area contributed by atoms with Crippen LogP contribution in [0.25, 0.3) is 0 Å².